The quantitative estimate of drug-likeness (QED) is 0.736. The number of benzene rings is 1. The van der Waals surface area contributed by atoms with Gasteiger partial charge >= 0.3 is 0 Å². The van der Waals surface area contributed by atoms with Gasteiger partial charge in [-0.15, -0.1) is 0 Å². The lowest BCUT2D eigenvalue weighted by Gasteiger charge is -2.24. The highest BCUT2D eigenvalue weighted by atomic mass is 19.1. The molecule has 2 unspecified atom stereocenters. The van der Waals surface area contributed by atoms with E-state index in [9.17, 15) is 4.39 Å². The van der Waals surface area contributed by atoms with Crippen LogP contribution in [0, 0.1) is 19.7 Å². The van der Waals surface area contributed by atoms with E-state index in [1.54, 1.807) is 6.07 Å². The fourth-order valence-corrected chi connectivity index (χ4v) is 3.09. The Morgan fingerprint density at radius 2 is 1.82 bits per heavy atom. The Hall–Kier alpha value is -0.890. The molecule has 0 radical (unpaired) electrons. The van der Waals surface area contributed by atoms with Gasteiger partial charge in [-0.2, -0.15) is 0 Å². The number of rotatable bonds is 1. The number of hydrogen-bond acceptors (Lipinski definition) is 1. The summed E-state index contributed by atoms with van der Waals surface area (Å²) in [5.74, 6) is 0.142. The van der Waals surface area contributed by atoms with Gasteiger partial charge in [-0.25, -0.2) is 4.39 Å². The van der Waals surface area contributed by atoms with E-state index < -0.39 is 0 Å². The minimum absolute atomic E-state index is 0.0650. The first-order valence-electron chi connectivity index (χ1n) is 6.62. The number of nitrogens with two attached hydrogens (primary N) is 1. The molecule has 1 aromatic rings. The SMILES string of the molecule is Cc1cc(C)c(C2CCCCCC2N)c(F)c1. The molecule has 0 amide bonds. The van der Waals surface area contributed by atoms with Gasteiger partial charge in [0.1, 0.15) is 5.82 Å². The average molecular weight is 235 g/mol. The van der Waals surface area contributed by atoms with Crippen LogP contribution in [0.1, 0.15) is 54.7 Å². The summed E-state index contributed by atoms with van der Waals surface area (Å²) in [5, 5.41) is 0. The zero-order valence-electron chi connectivity index (χ0n) is 10.8. The highest BCUT2D eigenvalue weighted by Gasteiger charge is 2.25. The zero-order chi connectivity index (χ0) is 12.4. The van der Waals surface area contributed by atoms with Gasteiger partial charge in [0.05, 0.1) is 0 Å². The molecular formula is C15H22FN. The van der Waals surface area contributed by atoms with Crippen molar-refractivity contribution in [3.05, 3.63) is 34.6 Å². The molecule has 1 fully saturated rings. The molecule has 0 aromatic heterocycles. The molecule has 0 heterocycles. The molecule has 2 N–H and O–H groups in total. The van der Waals surface area contributed by atoms with Crippen LogP contribution in [0.5, 0.6) is 0 Å². The van der Waals surface area contributed by atoms with Crippen molar-refractivity contribution in [1.29, 1.82) is 0 Å². The van der Waals surface area contributed by atoms with Gasteiger partial charge in [-0.05, 0) is 49.4 Å². The van der Waals surface area contributed by atoms with E-state index in [0.29, 0.717) is 0 Å². The predicted octanol–water partition coefficient (Wildman–Crippen LogP) is 3.82. The van der Waals surface area contributed by atoms with Crippen LogP contribution in [0.15, 0.2) is 12.1 Å². The zero-order valence-corrected chi connectivity index (χ0v) is 10.8. The van der Waals surface area contributed by atoms with E-state index in [1.807, 2.05) is 13.8 Å². The predicted molar refractivity (Wildman–Crippen MR) is 69.7 cm³/mol. The summed E-state index contributed by atoms with van der Waals surface area (Å²) in [6.45, 7) is 3.94. The van der Waals surface area contributed by atoms with Crippen molar-refractivity contribution in [3.63, 3.8) is 0 Å². The third-order valence-corrected chi connectivity index (χ3v) is 3.92. The van der Waals surface area contributed by atoms with Crippen LogP contribution in [0.4, 0.5) is 4.39 Å². The molecule has 1 aromatic carbocycles. The Bertz CT molecular complexity index is 377. The maximum Gasteiger partial charge on any atom is 0.127 e. The third kappa shape index (κ3) is 2.68. The van der Waals surface area contributed by atoms with Crippen molar-refractivity contribution in [2.45, 2.75) is 57.9 Å². The molecule has 1 saturated carbocycles. The fraction of sp³-hybridized carbons (Fsp3) is 0.600. The first-order valence-corrected chi connectivity index (χ1v) is 6.62. The molecule has 2 rings (SSSR count). The molecular weight excluding hydrogens is 213 g/mol. The maximum absolute atomic E-state index is 14.1. The second-order valence-electron chi connectivity index (χ2n) is 5.39. The van der Waals surface area contributed by atoms with E-state index >= 15 is 0 Å². The van der Waals surface area contributed by atoms with Gasteiger partial charge < -0.3 is 5.73 Å². The minimum Gasteiger partial charge on any atom is -0.327 e. The molecule has 1 aliphatic carbocycles. The fourth-order valence-electron chi connectivity index (χ4n) is 3.09. The van der Waals surface area contributed by atoms with Crippen LogP contribution in [-0.4, -0.2) is 6.04 Å². The average Bonchev–Trinajstić information content (AvgIpc) is 2.43. The van der Waals surface area contributed by atoms with Gasteiger partial charge in [-0.3, -0.25) is 0 Å². The number of hydrogen-bond donors (Lipinski definition) is 1. The molecule has 0 spiro atoms. The van der Waals surface area contributed by atoms with Crippen LogP contribution >= 0.6 is 0 Å². The Morgan fingerprint density at radius 3 is 2.53 bits per heavy atom. The molecule has 17 heavy (non-hydrogen) atoms. The van der Waals surface area contributed by atoms with E-state index in [2.05, 4.69) is 6.07 Å². The summed E-state index contributed by atoms with van der Waals surface area (Å²) in [6, 6.07) is 3.82. The van der Waals surface area contributed by atoms with Gasteiger partial charge in [0.2, 0.25) is 0 Å². The molecule has 94 valence electrons. The van der Waals surface area contributed by atoms with E-state index in [4.69, 9.17) is 5.73 Å². The molecule has 0 bridgehead atoms. The molecule has 1 nitrogen and oxygen atoms in total. The lowest BCUT2D eigenvalue weighted by Crippen LogP contribution is -2.28. The van der Waals surface area contributed by atoms with Crippen molar-refractivity contribution >= 4 is 0 Å². The van der Waals surface area contributed by atoms with Crippen molar-refractivity contribution in [3.8, 4) is 0 Å². The summed E-state index contributed by atoms with van der Waals surface area (Å²) in [4.78, 5) is 0. The Kier molecular flexibility index (Phi) is 3.82. The second kappa shape index (κ2) is 5.18. The van der Waals surface area contributed by atoms with Crippen LogP contribution in [0.25, 0.3) is 0 Å². The largest absolute Gasteiger partial charge is 0.327 e. The van der Waals surface area contributed by atoms with E-state index in [-0.39, 0.29) is 17.8 Å². The molecule has 2 heteroatoms. The molecule has 0 saturated heterocycles. The Morgan fingerprint density at radius 1 is 1.12 bits per heavy atom. The van der Waals surface area contributed by atoms with Gasteiger partial charge in [-0.1, -0.05) is 25.3 Å². The van der Waals surface area contributed by atoms with Crippen LogP contribution in [-0.2, 0) is 0 Å². The topological polar surface area (TPSA) is 26.0 Å². The van der Waals surface area contributed by atoms with Crippen LogP contribution < -0.4 is 5.73 Å². The normalized spacial score (nSPS) is 25.6. The summed E-state index contributed by atoms with van der Waals surface area (Å²) in [6.07, 6.45) is 5.64. The number of aryl methyl sites for hydroxylation is 2. The minimum atomic E-state index is -0.0650. The van der Waals surface area contributed by atoms with Gasteiger partial charge in [0.15, 0.2) is 0 Å². The first-order chi connectivity index (χ1) is 8.09. The van der Waals surface area contributed by atoms with E-state index in [0.717, 1.165) is 29.5 Å². The molecule has 2 atom stereocenters. The van der Waals surface area contributed by atoms with Crippen molar-refractivity contribution < 1.29 is 4.39 Å². The smallest absolute Gasteiger partial charge is 0.127 e. The maximum atomic E-state index is 14.1. The number of halogens is 1. The highest BCUT2D eigenvalue weighted by Crippen LogP contribution is 2.34. The summed E-state index contributed by atoms with van der Waals surface area (Å²) >= 11 is 0. The van der Waals surface area contributed by atoms with Crippen LogP contribution in [0.3, 0.4) is 0 Å². The summed E-state index contributed by atoms with van der Waals surface area (Å²) < 4.78 is 14.1. The Labute approximate surface area is 103 Å². The summed E-state index contributed by atoms with van der Waals surface area (Å²) in [5.41, 5.74) is 9.14. The highest BCUT2D eigenvalue weighted by molar-refractivity contribution is 5.35. The van der Waals surface area contributed by atoms with Crippen LogP contribution in [0.2, 0.25) is 0 Å². The first kappa shape index (κ1) is 12.6. The lowest BCUT2D eigenvalue weighted by atomic mass is 9.84. The van der Waals surface area contributed by atoms with Crippen molar-refractivity contribution in [2.24, 2.45) is 5.73 Å². The summed E-state index contributed by atoms with van der Waals surface area (Å²) in [7, 11) is 0. The standard InChI is InChI=1S/C15H22FN/c1-10-8-11(2)15(13(16)9-10)12-6-4-3-5-7-14(12)17/h8-9,12,14H,3-7,17H2,1-2H3. The molecule has 0 aliphatic heterocycles. The van der Waals surface area contributed by atoms with Crippen molar-refractivity contribution in [1.82, 2.24) is 0 Å². The van der Waals surface area contributed by atoms with E-state index in [1.165, 1.54) is 19.3 Å². The monoisotopic (exact) mass is 235 g/mol. The second-order valence-corrected chi connectivity index (χ2v) is 5.39. The Balaban J connectivity index is 2.37. The van der Waals surface area contributed by atoms with Gasteiger partial charge in [0, 0.05) is 12.0 Å². The van der Waals surface area contributed by atoms with Gasteiger partial charge in [0.25, 0.3) is 0 Å². The van der Waals surface area contributed by atoms with Crippen molar-refractivity contribution in [2.75, 3.05) is 0 Å². The molecule has 1 aliphatic rings. The third-order valence-electron chi connectivity index (χ3n) is 3.92. The lowest BCUT2D eigenvalue weighted by molar-refractivity contribution is 0.477.